The van der Waals surface area contributed by atoms with Crippen LogP contribution in [-0.2, 0) is 0 Å². The number of fused-ring (bicyclic) bond motifs is 1. The van der Waals surface area contributed by atoms with E-state index in [2.05, 4.69) is 39.4 Å². The first kappa shape index (κ1) is 16.5. The first-order valence-electron chi connectivity index (χ1n) is 7.64. The molecule has 2 aromatic rings. The van der Waals surface area contributed by atoms with Gasteiger partial charge >= 0.3 is 0 Å². The van der Waals surface area contributed by atoms with Gasteiger partial charge < -0.3 is 10.0 Å². The number of aromatic hydroxyl groups is 1. The molecule has 0 spiro atoms. The van der Waals surface area contributed by atoms with Crippen LogP contribution in [0, 0.1) is 3.57 Å². The molecule has 3 heterocycles. The summed E-state index contributed by atoms with van der Waals surface area (Å²) in [6.45, 7) is 3.17. The minimum Gasteiger partial charge on any atom is -0.505 e. The molecule has 7 heteroatoms. The molecule has 2 aliphatic heterocycles. The number of phenolic OH excluding ortho intramolecular Hbond substituents is 1. The minimum atomic E-state index is -0.0578. The fourth-order valence-corrected chi connectivity index (χ4v) is 5.36. The molecule has 0 unspecified atom stereocenters. The number of hydrogen-bond donors (Lipinski definition) is 1. The van der Waals surface area contributed by atoms with Gasteiger partial charge in [-0.2, -0.15) is 0 Å². The number of rotatable bonds is 2. The van der Waals surface area contributed by atoms with Crippen molar-refractivity contribution in [1.82, 2.24) is 9.88 Å². The topological polar surface area (TPSA) is 48.7 Å². The Labute approximate surface area is 163 Å². The highest BCUT2D eigenvalue weighted by Gasteiger charge is 2.43. The molecule has 1 N–H and O–H groups in total. The van der Waals surface area contributed by atoms with Crippen molar-refractivity contribution in [3.05, 3.63) is 56.4 Å². The monoisotopic (exact) mass is 471 g/mol. The summed E-state index contributed by atoms with van der Waals surface area (Å²) in [5.41, 5.74) is 2.02. The second kappa shape index (κ2) is 6.38. The number of benzene rings is 1. The van der Waals surface area contributed by atoms with E-state index in [9.17, 15) is 5.11 Å². The van der Waals surface area contributed by atoms with Crippen molar-refractivity contribution < 1.29 is 5.11 Å². The molecule has 0 radical (unpaired) electrons. The number of amidine groups is 1. The summed E-state index contributed by atoms with van der Waals surface area (Å²) >= 11 is 10.2. The standard InChI is InChI=1S/C17H15ClIN3OS/c1-9-8-22-15(10-6-11(18)16(23)12(19)7-10)14(21-17(22)24-9)13-4-2-3-5-20-13/h2-7,9,14-15,23H,8H2,1H3/t9-,14+,15-/m1/s1. The third-order valence-electron chi connectivity index (χ3n) is 4.26. The quantitative estimate of drug-likeness (QED) is 0.649. The van der Waals surface area contributed by atoms with Crippen LogP contribution in [-0.4, -0.2) is 32.0 Å². The summed E-state index contributed by atoms with van der Waals surface area (Å²) in [7, 11) is 0. The molecule has 1 saturated heterocycles. The summed E-state index contributed by atoms with van der Waals surface area (Å²) in [5, 5.41) is 12.0. The number of thioether (sulfide) groups is 1. The minimum absolute atomic E-state index is 0.0546. The number of aromatic nitrogens is 1. The van der Waals surface area contributed by atoms with E-state index in [1.807, 2.05) is 42.1 Å². The number of pyridine rings is 1. The molecule has 1 aromatic carbocycles. The Morgan fingerprint density at radius 2 is 2.21 bits per heavy atom. The molecular formula is C17H15ClIN3OS. The van der Waals surface area contributed by atoms with Crippen LogP contribution in [0.4, 0.5) is 0 Å². The number of nitrogens with zero attached hydrogens (tertiary/aromatic N) is 3. The van der Waals surface area contributed by atoms with Gasteiger partial charge in [0.05, 0.1) is 20.3 Å². The molecule has 124 valence electrons. The SMILES string of the molecule is C[C@@H]1CN2C(=N[C@@H](c3ccccn3)[C@H]2c2cc(Cl)c(O)c(I)c2)S1. The van der Waals surface area contributed by atoms with Crippen LogP contribution in [0.3, 0.4) is 0 Å². The lowest BCUT2D eigenvalue weighted by Gasteiger charge is -2.27. The first-order chi connectivity index (χ1) is 11.5. The van der Waals surface area contributed by atoms with E-state index < -0.39 is 0 Å². The summed E-state index contributed by atoms with van der Waals surface area (Å²) in [4.78, 5) is 11.8. The Kier molecular flexibility index (Phi) is 4.38. The fourth-order valence-electron chi connectivity index (χ4n) is 3.23. The predicted octanol–water partition coefficient (Wildman–Crippen LogP) is 4.63. The zero-order chi connectivity index (χ0) is 16.8. The molecule has 24 heavy (non-hydrogen) atoms. The van der Waals surface area contributed by atoms with Gasteiger partial charge in [0, 0.05) is 18.0 Å². The third-order valence-corrected chi connectivity index (χ3v) is 6.47. The lowest BCUT2D eigenvalue weighted by atomic mass is 9.96. The molecule has 2 aliphatic rings. The molecule has 1 aromatic heterocycles. The van der Waals surface area contributed by atoms with Crippen molar-refractivity contribution in [3.8, 4) is 5.75 Å². The molecule has 0 amide bonds. The van der Waals surface area contributed by atoms with Crippen LogP contribution < -0.4 is 0 Å². The highest BCUT2D eigenvalue weighted by molar-refractivity contribution is 14.1. The van der Waals surface area contributed by atoms with Gasteiger partial charge in [0.15, 0.2) is 5.17 Å². The second-order valence-electron chi connectivity index (χ2n) is 5.97. The zero-order valence-corrected chi connectivity index (χ0v) is 16.6. The largest absolute Gasteiger partial charge is 0.505 e. The Hall–Kier alpha value is -0.990. The first-order valence-corrected chi connectivity index (χ1v) is 9.98. The van der Waals surface area contributed by atoms with Crippen LogP contribution in [0.15, 0.2) is 41.5 Å². The molecule has 1 fully saturated rings. The number of halogens is 2. The Morgan fingerprint density at radius 1 is 1.38 bits per heavy atom. The molecule has 0 saturated carbocycles. The van der Waals surface area contributed by atoms with Gasteiger partial charge in [-0.3, -0.25) is 9.98 Å². The van der Waals surface area contributed by atoms with Gasteiger partial charge in [0.2, 0.25) is 0 Å². The maximum absolute atomic E-state index is 9.99. The van der Waals surface area contributed by atoms with Crippen molar-refractivity contribution in [1.29, 1.82) is 0 Å². The van der Waals surface area contributed by atoms with Gasteiger partial charge in [0.25, 0.3) is 0 Å². The van der Waals surface area contributed by atoms with E-state index in [-0.39, 0.29) is 17.8 Å². The number of phenols is 1. The van der Waals surface area contributed by atoms with Crippen molar-refractivity contribution in [3.63, 3.8) is 0 Å². The lowest BCUT2D eigenvalue weighted by Crippen LogP contribution is -2.28. The maximum atomic E-state index is 9.99. The van der Waals surface area contributed by atoms with E-state index in [1.165, 1.54) is 0 Å². The Balaban J connectivity index is 1.81. The molecule has 4 nitrogen and oxygen atoms in total. The Bertz CT molecular complexity index is 794. The van der Waals surface area contributed by atoms with Crippen molar-refractivity contribution in [2.24, 2.45) is 4.99 Å². The van der Waals surface area contributed by atoms with Gasteiger partial charge in [-0.15, -0.1) is 0 Å². The summed E-state index contributed by atoms with van der Waals surface area (Å²) in [6.07, 6.45) is 1.80. The van der Waals surface area contributed by atoms with Crippen molar-refractivity contribution in [2.75, 3.05) is 6.54 Å². The number of hydrogen-bond acceptors (Lipinski definition) is 5. The normalized spacial score (nSPS) is 25.7. The van der Waals surface area contributed by atoms with E-state index in [0.717, 1.165) is 26.5 Å². The second-order valence-corrected chi connectivity index (χ2v) is 8.94. The average Bonchev–Trinajstić information content (AvgIpc) is 3.08. The molecular weight excluding hydrogens is 457 g/mol. The summed E-state index contributed by atoms with van der Waals surface area (Å²) in [5.74, 6) is 0.138. The van der Waals surface area contributed by atoms with Crippen LogP contribution in [0.25, 0.3) is 0 Å². The lowest BCUT2D eigenvalue weighted by molar-refractivity contribution is 0.321. The van der Waals surface area contributed by atoms with Gasteiger partial charge in [-0.05, 0) is 52.4 Å². The zero-order valence-electron chi connectivity index (χ0n) is 12.9. The highest BCUT2D eigenvalue weighted by Crippen LogP contribution is 2.48. The van der Waals surface area contributed by atoms with Crippen molar-refractivity contribution in [2.45, 2.75) is 24.3 Å². The summed E-state index contributed by atoms with van der Waals surface area (Å²) < 4.78 is 0.753. The van der Waals surface area contributed by atoms with Crippen LogP contribution >= 0.6 is 46.0 Å². The van der Waals surface area contributed by atoms with E-state index in [1.54, 1.807) is 6.20 Å². The smallest absolute Gasteiger partial charge is 0.160 e. The molecule has 4 rings (SSSR count). The van der Waals surface area contributed by atoms with E-state index in [0.29, 0.717) is 10.3 Å². The van der Waals surface area contributed by atoms with E-state index in [4.69, 9.17) is 16.6 Å². The highest BCUT2D eigenvalue weighted by atomic mass is 127. The average molecular weight is 472 g/mol. The summed E-state index contributed by atoms with van der Waals surface area (Å²) in [6, 6.07) is 9.77. The van der Waals surface area contributed by atoms with Crippen LogP contribution in [0.2, 0.25) is 5.02 Å². The van der Waals surface area contributed by atoms with E-state index >= 15 is 0 Å². The molecule has 3 atom stereocenters. The van der Waals surface area contributed by atoms with Crippen LogP contribution in [0.5, 0.6) is 5.75 Å². The van der Waals surface area contributed by atoms with Gasteiger partial charge in [-0.25, -0.2) is 0 Å². The molecule has 0 aliphatic carbocycles. The van der Waals surface area contributed by atoms with Crippen molar-refractivity contribution >= 4 is 51.1 Å². The predicted molar refractivity (Wildman–Crippen MR) is 107 cm³/mol. The Morgan fingerprint density at radius 3 is 2.92 bits per heavy atom. The third kappa shape index (κ3) is 2.78. The molecule has 0 bridgehead atoms. The number of aliphatic imine (C=N–C) groups is 1. The van der Waals surface area contributed by atoms with Gasteiger partial charge in [0.1, 0.15) is 11.8 Å². The maximum Gasteiger partial charge on any atom is 0.160 e. The fraction of sp³-hybridized carbons (Fsp3) is 0.294. The van der Waals surface area contributed by atoms with Gasteiger partial charge in [-0.1, -0.05) is 36.4 Å². The van der Waals surface area contributed by atoms with Crippen LogP contribution in [0.1, 0.15) is 30.3 Å².